The van der Waals surface area contributed by atoms with E-state index in [4.69, 9.17) is 0 Å². The van der Waals surface area contributed by atoms with Crippen molar-refractivity contribution in [2.75, 3.05) is 0 Å². The molecular weight excluding hydrogens is 212 g/mol. The Morgan fingerprint density at radius 1 is 1.29 bits per heavy atom. The summed E-state index contributed by atoms with van der Waals surface area (Å²) in [6.45, 7) is 4.54. The summed E-state index contributed by atoms with van der Waals surface area (Å²) in [5.41, 5.74) is -0.966. The van der Waals surface area contributed by atoms with Crippen LogP contribution in [0, 0.1) is 0 Å². The maximum absolute atomic E-state index is 12.6. The predicted molar refractivity (Wildman–Crippen MR) is 49.8 cm³/mol. The molecule has 3 nitrogen and oxygen atoms in total. The van der Waals surface area contributed by atoms with E-state index >= 15 is 0 Å². The van der Waals surface area contributed by atoms with Crippen LogP contribution in [0.25, 0.3) is 0 Å². The van der Waals surface area contributed by atoms with E-state index in [2.05, 4.69) is 4.72 Å². The molecule has 0 heterocycles. The third-order valence-electron chi connectivity index (χ3n) is 2.31. The molecule has 1 aliphatic carbocycles. The first-order chi connectivity index (χ1) is 6.06. The molecule has 0 bridgehead atoms. The predicted octanol–water partition coefficient (Wildman–Crippen LogP) is 1.50. The molecule has 0 radical (unpaired) electrons. The minimum absolute atomic E-state index is 0.411. The van der Waals surface area contributed by atoms with Crippen LogP contribution in [0.4, 0.5) is 8.78 Å². The topological polar surface area (TPSA) is 46.2 Å². The molecule has 0 aromatic carbocycles. The van der Waals surface area contributed by atoms with Crippen molar-refractivity contribution in [3.05, 3.63) is 0 Å². The van der Waals surface area contributed by atoms with Crippen molar-refractivity contribution in [2.24, 2.45) is 0 Å². The van der Waals surface area contributed by atoms with Gasteiger partial charge in [0.15, 0.2) is 0 Å². The van der Waals surface area contributed by atoms with Gasteiger partial charge in [-0.15, -0.1) is 0 Å². The average Bonchev–Trinajstić information content (AvgIpc) is 1.78. The average molecular weight is 227 g/mol. The number of rotatable bonds is 3. The third-order valence-corrected chi connectivity index (χ3v) is 4.33. The van der Waals surface area contributed by atoms with Gasteiger partial charge >= 0.3 is 0 Å². The van der Waals surface area contributed by atoms with Crippen LogP contribution in [-0.4, -0.2) is 25.1 Å². The molecule has 6 heteroatoms. The Labute approximate surface area is 82.9 Å². The Bertz CT molecular complexity index is 316. The minimum Gasteiger partial charge on any atom is -0.212 e. The molecule has 0 unspecified atom stereocenters. The van der Waals surface area contributed by atoms with Crippen LogP contribution >= 0.6 is 0 Å². The monoisotopic (exact) mass is 227 g/mol. The second kappa shape index (κ2) is 3.13. The minimum atomic E-state index is -3.45. The molecule has 0 aliphatic heterocycles. The Kier molecular flexibility index (Phi) is 2.65. The molecule has 0 atom stereocenters. The smallest absolute Gasteiger partial charge is 0.212 e. The SMILES string of the molecule is CC(C)S(=O)(=O)NC1(C)CC(F)(F)C1. The summed E-state index contributed by atoms with van der Waals surface area (Å²) in [4.78, 5) is 0. The Hall–Kier alpha value is -0.230. The molecule has 14 heavy (non-hydrogen) atoms. The summed E-state index contributed by atoms with van der Waals surface area (Å²) >= 11 is 0. The summed E-state index contributed by atoms with van der Waals surface area (Å²) in [6, 6.07) is 0. The quantitative estimate of drug-likeness (QED) is 0.794. The van der Waals surface area contributed by atoms with Gasteiger partial charge in [0.05, 0.1) is 5.25 Å². The van der Waals surface area contributed by atoms with Gasteiger partial charge in [0.1, 0.15) is 0 Å². The van der Waals surface area contributed by atoms with E-state index in [0.29, 0.717) is 0 Å². The molecule has 0 aromatic rings. The fourth-order valence-electron chi connectivity index (χ4n) is 1.62. The fraction of sp³-hybridized carbons (Fsp3) is 1.00. The van der Waals surface area contributed by atoms with Crippen LogP contribution in [0.2, 0.25) is 0 Å². The van der Waals surface area contributed by atoms with Gasteiger partial charge in [-0.05, 0) is 20.8 Å². The van der Waals surface area contributed by atoms with E-state index in [1.165, 1.54) is 20.8 Å². The highest BCUT2D eigenvalue weighted by molar-refractivity contribution is 7.90. The number of nitrogens with one attached hydrogen (secondary N) is 1. The lowest BCUT2D eigenvalue weighted by molar-refractivity contribution is -0.121. The van der Waals surface area contributed by atoms with Crippen LogP contribution in [-0.2, 0) is 10.0 Å². The maximum atomic E-state index is 12.6. The summed E-state index contributed by atoms with van der Waals surface area (Å²) in [5, 5.41) is -0.589. The van der Waals surface area contributed by atoms with E-state index in [-0.39, 0.29) is 0 Å². The number of hydrogen-bond acceptors (Lipinski definition) is 2. The van der Waals surface area contributed by atoms with Gasteiger partial charge in [0, 0.05) is 18.4 Å². The zero-order valence-electron chi connectivity index (χ0n) is 8.47. The van der Waals surface area contributed by atoms with Crippen molar-refractivity contribution in [3.8, 4) is 0 Å². The van der Waals surface area contributed by atoms with E-state index in [0.717, 1.165) is 0 Å². The van der Waals surface area contributed by atoms with Crippen LogP contribution in [0.3, 0.4) is 0 Å². The highest BCUT2D eigenvalue weighted by atomic mass is 32.2. The maximum Gasteiger partial charge on any atom is 0.251 e. The number of sulfonamides is 1. The Balaban J connectivity index is 2.64. The first kappa shape index (κ1) is 11.8. The third kappa shape index (κ3) is 2.42. The molecule has 1 N–H and O–H groups in total. The molecule has 0 saturated heterocycles. The normalized spacial score (nSPS) is 24.7. The van der Waals surface area contributed by atoms with Crippen LogP contribution in [0.5, 0.6) is 0 Å². The van der Waals surface area contributed by atoms with E-state index < -0.39 is 39.6 Å². The molecule has 1 saturated carbocycles. The van der Waals surface area contributed by atoms with Crippen molar-refractivity contribution >= 4 is 10.0 Å². The Morgan fingerprint density at radius 2 is 1.71 bits per heavy atom. The van der Waals surface area contributed by atoms with E-state index in [9.17, 15) is 17.2 Å². The lowest BCUT2D eigenvalue weighted by Crippen LogP contribution is -2.61. The van der Waals surface area contributed by atoms with Gasteiger partial charge in [-0.25, -0.2) is 21.9 Å². The summed E-state index contributed by atoms with van der Waals surface area (Å²) in [5.74, 6) is -2.71. The van der Waals surface area contributed by atoms with Crippen molar-refractivity contribution in [2.45, 2.75) is 50.3 Å². The molecular formula is C8H15F2NO2S. The zero-order chi connectivity index (χ0) is 11.2. The van der Waals surface area contributed by atoms with Crippen molar-refractivity contribution < 1.29 is 17.2 Å². The van der Waals surface area contributed by atoms with Gasteiger partial charge in [0.2, 0.25) is 10.0 Å². The van der Waals surface area contributed by atoms with Gasteiger partial charge < -0.3 is 0 Å². The number of alkyl halides is 2. The van der Waals surface area contributed by atoms with Gasteiger partial charge in [-0.2, -0.15) is 0 Å². The summed E-state index contributed by atoms with van der Waals surface area (Å²) in [7, 11) is -3.45. The second-order valence-corrected chi connectivity index (χ2v) is 6.70. The second-order valence-electron chi connectivity index (χ2n) is 4.47. The van der Waals surface area contributed by atoms with E-state index in [1.807, 2.05) is 0 Å². The number of hydrogen-bond donors (Lipinski definition) is 1. The first-order valence-corrected chi connectivity index (χ1v) is 6.02. The highest BCUT2D eigenvalue weighted by Crippen LogP contribution is 2.45. The lowest BCUT2D eigenvalue weighted by atomic mass is 9.76. The van der Waals surface area contributed by atoms with Crippen molar-refractivity contribution in [1.82, 2.24) is 4.72 Å². The standard InChI is InChI=1S/C8H15F2NO2S/c1-6(2)14(12,13)11-7(3)4-8(9,10)5-7/h6,11H,4-5H2,1-3H3. The fourth-order valence-corrected chi connectivity index (χ4v) is 2.69. The highest BCUT2D eigenvalue weighted by Gasteiger charge is 2.55. The zero-order valence-corrected chi connectivity index (χ0v) is 9.29. The van der Waals surface area contributed by atoms with Gasteiger partial charge in [0.25, 0.3) is 5.92 Å². The van der Waals surface area contributed by atoms with Gasteiger partial charge in [-0.1, -0.05) is 0 Å². The van der Waals surface area contributed by atoms with Crippen LogP contribution in [0.1, 0.15) is 33.6 Å². The molecule has 0 aromatic heterocycles. The van der Waals surface area contributed by atoms with Crippen LogP contribution < -0.4 is 4.72 Å². The molecule has 84 valence electrons. The molecule has 1 rings (SSSR count). The molecule has 1 aliphatic rings. The Morgan fingerprint density at radius 3 is 2.00 bits per heavy atom. The molecule has 1 fully saturated rings. The van der Waals surface area contributed by atoms with Crippen LogP contribution in [0.15, 0.2) is 0 Å². The molecule has 0 spiro atoms. The van der Waals surface area contributed by atoms with Gasteiger partial charge in [-0.3, -0.25) is 0 Å². The molecule has 0 amide bonds. The van der Waals surface area contributed by atoms with E-state index in [1.54, 1.807) is 0 Å². The first-order valence-electron chi connectivity index (χ1n) is 4.47. The summed E-state index contributed by atoms with van der Waals surface area (Å²) < 4.78 is 50.3. The largest absolute Gasteiger partial charge is 0.251 e. The lowest BCUT2D eigenvalue weighted by Gasteiger charge is -2.45. The van der Waals surface area contributed by atoms with Crippen molar-refractivity contribution in [3.63, 3.8) is 0 Å². The van der Waals surface area contributed by atoms with Crippen molar-refractivity contribution in [1.29, 1.82) is 0 Å². The number of halogens is 2. The summed E-state index contributed by atoms with van der Waals surface area (Å²) in [6.07, 6.45) is -0.822.